The molecule has 2 nitrogen and oxygen atoms in total. The minimum atomic E-state index is 0.255. The molecule has 1 aromatic rings. The first-order valence-electron chi connectivity index (χ1n) is 7.46. The third-order valence-electron chi connectivity index (χ3n) is 3.68. The molecule has 2 heteroatoms. The van der Waals surface area contributed by atoms with Crippen LogP contribution < -0.4 is 5.32 Å². The molecule has 0 aliphatic carbocycles. The van der Waals surface area contributed by atoms with Gasteiger partial charge in [0.1, 0.15) is 0 Å². The number of ether oxygens (including phenoxy) is 1. The van der Waals surface area contributed by atoms with E-state index in [0.29, 0.717) is 12.0 Å². The van der Waals surface area contributed by atoms with Crippen molar-refractivity contribution in [3.8, 4) is 0 Å². The van der Waals surface area contributed by atoms with Gasteiger partial charge in [0, 0.05) is 13.2 Å². The molecular weight excluding hydrogens is 234 g/mol. The second-order valence-electron chi connectivity index (χ2n) is 5.48. The lowest BCUT2D eigenvalue weighted by Gasteiger charge is -2.30. The van der Waals surface area contributed by atoms with Gasteiger partial charge in [0.15, 0.2) is 0 Å². The van der Waals surface area contributed by atoms with E-state index in [0.717, 1.165) is 19.4 Å². The highest BCUT2D eigenvalue weighted by atomic mass is 16.5. The van der Waals surface area contributed by atoms with Crippen molar-refractivity contribution in [3.63, 3.8) is 0 Å². The fourth-order valence-electron chi connectivity index (χ4n) is 2.63. The van der Waals surface area contributed by atoms with E-state index < -0.39 is 0 Å². The van der Waals surface area contributed by atoms with Crippen LogP contribution in [0.15, 0.2) is 24.3 Å². The molecule has 0 radical (unpaired) electrons. The largest absolute Gasteiger partial charge is 0.380 e. The molecule has 1 rings (SSSR count). The smallest absolute Gasteiger partial charge is 0.0750 e. The van der Waals surface area contributed by atoms with Gasteiger partial charge in [-0.25, -0.2) is 0 Å². The average Bonchev–Trinajstić information content (AvgIpc) is 2.40. The van der Waals surface area contributed by atoms with Crippen LogP contribution in [-0.2, 0) is 17.6 Å². The highest BCUT2D eigenvalue weighted by molar-refractivity contribution is 5.23. The van der Waals surface area contributed by atoms with Gasteiger partial charge in [-0.2, -0.15) is 0 Å². The van der Waals surface area contributed by atoms with Crippen molar-refractivity contribution in [2.75, 3.05) is 13.7 Å². The average molecular weight is 263 g/mol. The summed E-state index contributed by atoms with van der Waals surface area (Å²) in [7, 11) is 1.81. The zero-order chi connectivity index (χ0) is 14.3. The van der Waals surface area contributed by atoms with Crippen molar-refractivity contribution in [2.45, 2.75) is 52.7 Å². The summed E-state index contributed by atoms with van der Waals surface area (Å²) in [4.78, 5) is 0. The minimum Gasteiger partial charge on any atom is -0.380 e. The summed E-state index contributed by atoms with van der Waals surface area (Å²) in [6, 6.07) is 9.33. The van der Waals surface area contributed by atoms with Crippen molar-refractivity contribution < 1.29 is 4.74 Å². The lowest BCUT2D eigenvalue weighted by molar-refractivity contribution is 0.0337. The van der Waals surface area contributed by atoms with Crippen LogP contribution in [-0.4, -0.2) is 25.8 Å². The number of nitrogens with one attached hydrogen (secondary N) is 1. The van der Waals surface area contributed by atoms with Crippen LogP contribution in [0.4, 0.5) is 0 Å². The molecule has 0 fully saturated rings. The SMILES string of the molecule is CCNC(Cc1ccc(CC)cc1)C(OC)C(C)C. The molecule has 0 saturated heterocycles. The number of hydrogen-bond acceptors (Lipinski definition) is 2. The van der Waals surface area contributed by atoms with Crippen LogP contribution in [0.1, 0.15) is 38.8 Å². The Hall–Kier alpha value is -0.860. The monoisotopic (exact) mass is 263 g/mol. The van der Waals surface area contributed by atoms with Gasteiger partial charge in [0.2, 0.25) is 0 Å². The molecule has 0 saturated carbocycles. The number of methoxy groups -OCH3 is 1. The van der Waals surface area contributed by atoms with Crippen molar-refractivity contribution in [3.05, 3.63) is 35.4 Å². The van der Waals surface area contributed by atoms with Crippen molar-refractivity contribution >= 4 is 0 Å². The molecule has 0 amide bonds. The van der Waals surface area contributed by atoms with Crippen LogP contribution in [0, 0.1) is 5.92 Å². The first-order chi connectivity index (χ1) is 9.12. The second-order valence-corrected chi connectivity index (χ2v) is 5.48. The fourth-order valence-corrected chi connectivity index (χ4v) is 2.63. The summed E-state index contributed by atoms with van der Waals surface area (Å²) in [5.74, 6) is 0.518. The Morgan fingerprint density at radius 2 is 1.63 bits per heavy atom. The number of aryl methyl sites for hydroxylation is 1. The first kappa shape index (κ1) is 16.2. The molecular formula is C17H29NO. The Kier molecular flexibility index (Phi) is 7.11. The fraction of sp³-hybridized carbons (Fsp3) is 0.647. The lowest BCUT2D eigenvalue weighted by atomic mass is 9.93. The van der Waals surface area contributed by atoms with Gasteiger partial charge in [-0.15, -0.1) is 0 Å². The topological polar surface area (TPSA) is 21.3 Å². The van der Waals surface area contributed by atoms with Gasteiger partial charge in [0.25, 0.3) is 0 Å². The maximum absolute atomic E-state index is 5.68. The van der Waals surface area contributed by atoms with Crippen LogP contribution in [0.3, 0.4) is 0 Å². The van der Waals surface area contributed by atoms with Gasteiger partial charge in [-0.1, -0.05) is 52.0 Å². The van der Waals surface area contributed by atoms with E-state index in [4.69, 9.17) is 4.74 Å². The van der Waals surface area contributed by atoms with E-state index in [2.05, 4.69) is 57.3 Å². The third-order valence-corrected chi connectivity index (χ3v) is 3.68. The summed E-state index contributed by atoms with van der Waals surface area (Å²) in [6.07, 6.45) is 2.38. The molecule has 0 spiro atoms. The summed E-state index contributed by atoms with van der Waals surface area (Å²) in [6.45, 7) is 9.76. The molecule has 19 heavy (non-hydrogen) atoms. The van der Waals surface area contributed by atoms with E-state index >= 15 is 0 Å². The highest BCUT2D eigenvalue weighted by Gasteiger charge is 2.23. The van der Waals surface area contributed by atoms with Crippen molar-refractivity contribution in [2.24, 2.45) is 5.92 Å². The Labute approximate surface area is 118 Å². The molecule has 0 aromatic heterocycles. The maximum atomic E-state index is 5.68. The van der Waals surface area contributed by atoms with E-state index in [1.807, 2.05) is 7.11 Å². The zero-order valence-corrected chi connectivity index (χ0v) is 13.1. The Morgan fingerprint density at radius 1 is 1.05 bits per heavy atom. The molecule has 1 aromatic carbocycles. The molecule has 2 atom stereocenters. The van der Waals surface area contributed by atoms with Crippen molar-refractivity contribution in [1.82, 2.24) is 5.32 Å². The zero-order valence-electron chi connectivity index (χ0n) is 13.1. The Morgan fingerprint density at radius 3 is 2.05 bits per heavy atom. The minimum absolute atomic E-state index is 0.255. The third kappa shape index (κ3) is 4.96. The number of likely N-dealkylation sites (N-methyl/N-ethyl adjacent to an activating group) is 1. The number of hydrogen-bond donors (Lipinski definition) is 1. The van der Waals surface area contributed by atoms with Crippen LogP contribution in [0.25, 0.3) is 0 Å². The van der Waals surface area contributed by atoms with E-state index in [9.17, 15) is 0 Å². The van der Waals surface area contributed by atoms with E-state index in [1.54, 1.807) is 0 Å². The predicted molar refractivity (Wildman–Crippen MR) is 82.6 cm³/mol. The highest BCUT2D eigenvalue weighted by Crippen LogP contribution is 2.16. The Balaban J connectivity index is 2.75. The summed E-state index contributed by atoms with van der Waals surface area (Å²) in [5, 5.41) is 3.57. The second kappa shape index (κ2) is 8.34. The van der Waals surface area contributed by atoms with E-state index in [-0.39, 0.29) is 6.10 Å². The van der Waals surface area contributed by atoms with Crippen LogP contribution in [0.2, 0.25) is 0 Å². The van der Waals surface area contributed by atoms with Gasteiger partial charge in [0.05, 0.1) is 6.10 Å². The molecule has 2 unspecified atom stereocenters. The number of rotatable bonds is 8. The normalized spacial score (nSPS) is 14.6. The predicted octanol–water partition coefficient (Wildman–Crippen LogP) is 3.44. The molecule has 0 aliphatic rings. The Bertz CT molecular complexity index is 345. The molecule has 108 valence electrons. The maximum Gasteiger partial charge on any atom is 0.0750 e. The summed E-state index contributed by atoms with van der Waals surface area (Å²) < 4.78 is 5.68. The summed E-state index contributed by atoms with van der Waals surface area (Å²) in [5.41, 5.74) is 2.78. The molecule has 0 aliphatic heterocycles. The lowest BCUT2D eigenvalue weighted by Crippen LogP contribution is -2.45. The van der Waals surface area contributed by atoms with E-state index in [1.165, 1.54) is 11.1 Å². The van der Waals surface area contributed by atoms with Gasteiger partial charge in [-0.3, -0.25) is 0 Å². The standard InChI is InChI=1S/C17H29NO/c1-6-14-8-10-15(11-9-14)12-16(18-7-2)17(19-5)13(3)4/h8-11,13,16-18H,6-7,12H2,1-5H3. The molecule has 0 bridgehead atoms. The van der Waals surface area contributed by atoms with Gasteiger partial charge in [-0.05, 0) is 36.4 Å². The molecule has 0 heterocycles. The van der Waals surface area contributed by atoms with Gasteiger partial charge >= 0.3 is 0 Å². The first-order valence-corrected chi connectivity index (χ1v) is 7.46. The number of benzene rings is 1. The van der Waals surface area contributed by atoms with Crippen molar-refractivity contribution in [1.29, 1.82) is 0 Å². The summed E-state index contributed by atoms with van der Waals surface area (Å²) >= 11 is 0. The van der Waals surface area contributed by atoms with Crippen LogP contribution >= 0.6 is 0 Å². The quantitative estimate of drug-likeness (QED) is 0.776. The van der Waals surface area contributed by atoms with Crippen LogP contribution in [0.5, 0.6) is 0 Å². The van der Waals surface area contributed by atoms with Gasteiger partial charge < -0.3 is 10.1 Å². The molecule has 1 N–H and O–H groups in total.